The zero-order valence-electron chi connectivity index (χ0n) is 16.5. The first-order valence-electron chi connectivity index (χ1n) is 10.4. The molecule has 5 heteroatoms. The Bertz CT molecular complexity index is 262. The summed E-state index contributed by atoms with van der Waals surface area (Å²) >= 11 is 0. The number of likely N-dealkylation sites (tertiary alicyclic amines) is 1. The molecule has 3 N–H and O–H groups in total. The number of nitrogens with two attached hydrogens (primary N) is 1. The smallest absolute Gasteiger partial charge is 0.107 e. The summed E-state index contributed by atoms with van der Waals surface area (Å²) in [7, 11) is 0. The lowest BCUT2D eigenvalue weighted by molar-refractivity contribution is -0.0226. The maximum atomic E-state index is 10.3. The van der Waals surface area contributed by atoms with Gasteiger partial charge in [0.05, 0.1) is 0 Å². The van der Waals surface area contributed by atoms with Crippen molar-refractivity contribution >= 4 is 24.8 Å². The average Bonchev–Trinajstić information content (AvgIpc) is 2.59. The van der Waals surface area contributed by atoms with Crippen LogP contribution in [0, 0.1) is 5.92 Å². The van der Waals surface area contributed by atoms with Crippen LogP contribution in [0.25, 0.3) is 0 Å². The lowest BCUT2D eigenvalue weighted by Gasteiger charge is -2.34. The molecule has 25 heavy (non-hydrogen) atoms. The summed E-state index contributed by atoms with van der Waals surface area (Å²) in [5.74, 6) is 0.681. The van der Waals surface area contributed by atoms with E-state index < -0.39 is 0 Å². The van der Waals surface area contributed by atoms with E-state index >= 15 is 0 Å². The molecule has 0 amide bonds. The highest BCUT2D eigenvalue weighted by molar-refractivity contribution is 5.85. The van der Waals surface area contributed by atoms with Crippen molar-refractivity contribution in [2.24, 2.45) is 11.7 Å². The third-order valence-electron chi connectivity index (χ3n) is 5.47. The molecule has 0 aliphatic carbocycles. The minimum atomic E-state index is -0.215. The van der Waals surface area contributed by atoms with Gasteiger partial charge in [0, 0.05) is 13.1 Å². The fourth-order valence-electron chi connectivity index (χ4n) is 3.66. The summed E-state index contributed by atoms with van der Waals surface area (Å²) in [5.41, 5.74) is 5.72. The van der Waals surface area contributed by atoms with Gasteiger partial charge in [-0.1, -0.05) is 71.1 Å². The zero-order chi connectivity index (χ0) is 16.8. The highest BCUT2D eigenvalue weighted by Crippen LogP contribution is 2.19. The topological polar surface area (TPSA) is 49.5 Å². The number of halogens is 2. The van der Waals surface area contributed by atoms with Crippen molar-refractivity contribution in [1.29, 1.82) is 0 Å². The van der Waals surface area contributed by atoms with Crippen molar-refractivity contribution in [1.82, 2.24) is 4.90 Å². The number of piperidine rings is 1. The quantitative estimate of drug-likeness (QED) is 0.378. The molecule has 1 unspecified atom stereocenters. The number of aliphatic hydroxyl groups is 1. The maximum absolute atomic E-state index is 10.3. The van der Waals surface area contributed by atoms with Crippen LogP contribution in [0.15, 0.2) is 0 Å². The molecule has 1 aliphatic heterocycles. The lowest BCUT2D eigenvalue weighted by Crippen LogP contribution is -2.42. The van der Waals surface area contributed by atoms with Crippen LogP contribution in [0.1, 0.15) is 96.8 Å². The van der Waals surface area contributed by atoms with Crippen LogP contribution in [0.2, 0.25) is 0 Å². The largest absolute Gasteiger partial charge is 0.378 e. The fourth-order valence-corrected chi connectivity index (χ4v) is 3.66. The third-order valence-corrected chi connectivity index (χ3v) is 5.47. The summed E-state index contributed by atoms with van der Waals surface area (Å²) in [4.78, 5) is 2.25. The molecule has 1 aliphatic rings. The van der Waals surface area contributed by atoms with E-state index in [0.29, 0.717) is 5.92 Å². The van der Waals surface area contributed by atoms with Crippen molar-refractivity contribution in [3.63, 3.8) is 0 Å². The second-order valence-electron chi connectivity index (χ2n) is 7.52. The lowest BCUT2D eigenvalue weighted by atomic mass is 9.96. The summed E-state index contributed by atoms with van der Waals surface area (Å²) in [6.45, 7) is 5.14. The number of aliphatic hydroxyl groups excluding tert-OH is 1. The van der Waals surface area contributed by atoms with Crippen LogP contribution in [0.5, 0.6) is 0 Å². The van der Waals surface area contributed by atoms with Gasteiger partial charge in [0.1, 0.15) is 6.23 Å². The molecule has 1 rings (SSSR count). The summed E-state index contributed by atoms with van der Waals surface area (Å²) < 4.78 is 0. The van der Waals surface area contributed by atoms with Crippen molar-refractivity contribution in [2.45, 2.75) is 103 Å². The monoisotopic (exact) mass is 398 g/mol. The third kappa shape index (κ3) is 14.2. The second-order valence-corrected chi connectivity index (χ2v) is 7.52. The Labute approximate surface area is 169 Å². The Hall–Kier alpha value is 0.460. The van der Waals surface area contributed by atoms with Crippen LogP contribution >= 0.6 is 24.8 Å². The molecule has 0 bridgehead atoms. The van der Waals surface area contributed by atoms with Gasteiger partial charge in [-0.3, -0.25) is 4.90 Å². The van der Waals surface area contributed by atoms with E-state index in [1.54, 1.807) is 0 Å². The molecule has 0 aromatic carbocycles. The molecule has 0 aromatic rings. The summed E-state index contributed by atoms with van der Waals surface area (Å²) in [6.07, 6.45) is 18.1. The highest BCUT2D eigenvalue weighted by atomic mass is 35.5. The number of rotatable bonds is 14. The second kappa shape index (κ2) is 19.2. The van der Waals surface area contributed by atoms with E-state index in [1.165, 1.54) is 70.6 Å². The van der Waals surface area contributed by atoms with E-state index in [9.17, 15) is 5.11 Å². The Morgan fingerprint density at radius 1 is 0.840 bits per heavy atom. The van der Waals surface area contributed by atoms with Crippen molar-refractivity contribution < 1.29 is 5.11 Å². The predicted octanol–water partition coefficient (Wildman–Crippen LogP) is 5.52. The predicted molar refractivity (Wildman–Crippen MR) is 115 cm³/mol. The standard InChI is InChI=1S/C20H42N2O.2ClH/c1-2-3-4-5-6-7-8-9-10-11-12-13-20(23)22-16-14-19(18-21)15-17-22;;/h19-20,23H,2-18,21H2,1H3;2*1H. The molecular weight excluding hydrogens is 355 g/mol. The Kier molecular flexibility index (Phi) is 21.3. The van der Waals surface area contributed by atoms with E-state index in [2.05, 4.69) is 11.8 Å². The van der Waals surface area contributed by atoms with Crippen LogP contribution in [-0.4, -0.2) is 35.9 Å². The van der Waals surface area contributed by atoms with E-state index in [4.69, 9.17) is 5.73 Å². The molecule has 1 fully saturated rings. The van der Waals surface area contributed by atoms with Crippen LogP contribution in [0.3, 0.4) is 0 Å². The fraction of sp³-hybridized carbons (Fsp3) is 1.00. The Morgan fingerprint density at radius 3 is 1.72 bits per heavy atom. The van der Waals surface area contributed by atoms with E-state index in [0.717, 1.165) is 38.9 Å². The minimum Gasteiger partial charge on any atom is -0.378 e. The molecule has 1 atom stereocenters. The molecule has 3 nitrogen and oxygen atoms in total. The van der Waals surface area contributed by atoms with Gasteiger partial charge in [0.25, 0.3) is 0 Å². The summed E-state index contributed by atoms with van der Waals surface area (Å²) in [6, 6.07) is 0. The van der Waals surface area contributed by atoms with E-state index in [-0.39, 0.29) is 31.0 Å². The van der Waals surface area contributed by atoms with Crippen LogP contribution in [-0.2, 0) is 0 Å². The number of unbranched alkanes of at least 4 members (excludes halogenated alkanes) is 10. The minimum absolute atomic E-state index is 0. The summed E-state index contributed by atoms with van der Waals surface area (Å²) in [5, 5.41) is 10.3. The first kappa shape index (κ1) is 27.7. The molecule has 0 saturated carbocycles. The molecule has 154 valence electrons. The Morgan fingerprint density at radius 2 is 1.28 bits per heavy atom. The maximum Gasteiger partial charge on any atom is 0.107 e. The van der Waals surface area contributed by atoms with Crippen molar-refractivity contribution in [3.05, 3.63) is 0 Å². The van der Waals surface area contributed by atoms with Gasteiger partial charge in [-0.15, -0.1) is 24.8 Å². The first-order valence-corrected chi connectivity index (χ1v) is 10.4. The molecule has 1 saturated heterocycles. The van der Waals surface area contributed by atoms with Gasteiger partial charge in [-0.2, -0.15) is 0 Å². The highest BCUT2D eigenvalue weighted by Gasteiger charge is 2.22. The SMILES string of the molecule is CCCCCCCCCCCCCC(O)N1CCC(CN)CC1.Cl.Cl. The first-order chi connectivity index (χ1) is 11.3. The van der Waals surface area contributed by atoms with Gasteiger partial charge < -0.3 is 10.8 Å². The van der Waals surface area contributed by atoms with Crippen LogP contribution < -0.4 is 5.73 Å². The number of nitrogens with zero attached hydrogens (tertiary/aromatic N) is 1. The molecule has 1 heterocycles. The normalized spacial score (nSPS) is 16.9. The van der Waals surface area contributed by atoms with Gasteiger partial charge >= 0.3 is 0 Å². The number of hydrogen-bond donors (Lipinski definition) is 2. The molecule has 0 spiro atoms. The van der Waals surface area contributed by atoms with Crippen molar-refractivity contribution in [2.75, 3.05) is 19.6 Å². The molecule has 0 radical (unpaired) electrons. The molecular formula is C20H44Cl2N2O. The van der Waals surface area contributed by atoms with E-state index in [1.807, 2.05) is 0 Å². The van der Waals surface area contributed by atoms with Crippen LogP contribution in [0.4, 0.5) is 0 Å². The van der Waals surface area contributed by atoms with Gasteiger partial charge in [0.15, 0.2) is 0 Å². The number of hydrogen-bond acceptors (Lipinski definition) is 3. The van der Waals surface area contributed by atoms with Gasteiger partial charge in [-0.05, 0) is 38.1 Å². The van der Waals surface area contributed by atoms with Gasteiger partial charge in [-0.25, -0.2) is 0 Å². The van der Waals surface area contributed by atoms with Gasteiger partial charge in [0.2, 0.25) is 0 Å². The van der Waals surface area contributed by atoms with Crippen molar-refractivity contribution in [3.8, 4) is 0 Å². The zero-order valence-corrected chi connectivity index (χ0v) is 18.1. The molecule has 0 aromatic heterocycles. The average molecular weight is 399 g/mol. The Balaban J connectivity index is 0.